The zero-order chi connectivity index (χ0) is 15.4. The number of nitrogens with one attached hydrogen (secondary N) is 1. The molecule has 3 nitrogen and oxygen atoms in total. The van der Waals surface area contributed by atoms with Crippen LogP contribution in [0.4, 0.5) is 11.4 Å². The third kappa shape index (κ3) is 3.60. The Bertz CT molecular complexity index is 637. The SMILES string of the molecule is O=C(Nc1cccc(Cl)c1)C1CCN(c2ccccc2)CC1. The van der Waals surface area contributed by atoms with E-state index in [0.717, 1.165) is 31.6 Å². The van der Waals surface area contributed by atoms with E-state index in [9.17, 15) is 4.79 Å². The summed E-state index contributed by atoms with van der Waals surface area (Å²) in [4.78, 5) is 14.7. The van der Waals surface area contributed by atoms with Crippen LogP contribution in [0.5, 0.6) is 0 Å². The smallest absolute Gasteiger partial charge is 0.227 e. The molecule has 1 fully saturated rings. The van der Waals surface area contributed by atoms with Crippen LogP contribution in [0.1, 0.15) is 12.8 Å². The van der Waals surface area contributed by atoms with Gasteiger partial charge in [0.2, 0.25) is 5.91 Å². The lowest BCUT2D eigenvalue weighted by Gasteiger charge is -2.33. The highest BCUT2D eigenvalue weighted by molar-refractivity contribution is 6.30. The second-order valence-electron chi connectivity index (χ2n) is 5.60. The molecule has 1 N–H and O–H groups in total. The van der Waals surface area contributed by atoms with E-state index in [4.69, 9.17) is 11.6 Å². The van der Waals surface area contributed by atoms with Gasteiger partial charge in [-0.2, -0.15) is 0 Å². The Balaban J connectivity index is 1.56. The number of rotatable bonds is 3. The topological polar surface area (TPSA) is 32.3 Å². The van der Waals surface area contributed by atoms with Crippen LogP contribution in [0, 0.1) is 5.92 Å². The fourth-order valence-electron chi connectivity index (χ4n) is 2.85. The summed E-state index contributed by atoms with van der Waals surface area (Å²) in [5, 5.41) is 3.60. The van der Waals surface area contributed by atoms with Crippen LogP contribution >= 0.6 is 11.6 Å². The van der Waals surface area contributed by atoms with Gasteiger partial charge in [0.05, 0.1) is 0 Å². The van der Waals surface area contributed by atoms with Crippen LogP contribution in [0.15, 0.2) is 54.6 Å². The number of piperidine rings is 1. The summed E-state index contributed by atoms with van der Waals surface area (Å²) in [6, 6.07) is 17.6. The predicted molar refractivity (Wildman–Crippen MR) is 91.5 cm³/mol. The maximum Gasteiger partial charge on any atom is 0.227 e. The number of hydrogen-bond donors (Lipinski definition) is 1. The van der Waals surface area contributed by atoms with Gasteiger partial charge in [-0.1, -0.05) is 35.9 Å². The molecule has 4 heteroatoms. The Morgan fingerprint density at radius 1 is 1.05 bits per heavy atom. The second-order valence-corrected chi connectivity index (χ2v) is 6.03. The van der Waals surface area contributed by atoms with Crippen LogP contribution in [0.2, 0.25) is 5.02 Å². The molecule has 1 aliphatic rings. The van der Waals surface area contributed by atoms with Crippen molar-refractivity contribution >= 4 is 28.9 Å². The van der Waals surface area contributed by atoms with Gasteiger partial charge in [-0.25, -0.2) is 0 Å². The second kappa shape index (κ2) is 6.84. The highest BCUT2D eigenvalue weighted by Gasteiger charge is 2.25. The van der Waals surface area contributed by atoms with Crippen LogP contribution in [0.3, 0.4) is 0 Å². The lowest BCUT2D eigenvalue weighted by atomic mass is 9.95. The molecular formula is C18H19ClN2O. The summed E-state index contributed by atoms with van der Waals surface area (Å²) in [5.41, 5.74) is 2.00. The molecule has 114 valence electrons. The summed E-state index contributed by atoms with van der Waals surface area (Å²) in [7, 11) is 0. The Morgan fingerprint density at radius 2 is 1.77 bits per heavy atom. The van der Waals surface area contributed by atoms with Crippen molar-refractivity contribution in [3.63, 3.8) is 0 Å². The van der Waals surface area contributed by atoms with E-state index >= 15 is 0 Å². The molecular weight excluding hydrogens is 296 g/mol. The van der Waals surface area contributed by atoms with Crippen molar-refractivity contribution in [3.05, 3.63) is 59.6 Å². The lowest BCUT2D eigenvalue weighted by Crippen LogP contribution is -2.38. The first-order valence-corrected chi connectivity index (χ1v) is 7.96. The van der Waals surface area contributed by atoms with Gasteiger partial charge in [0.15, 0.2) is 0 Å². The summed E-state index contributed by atoms with van der Waals surface area (Å²) in [5.74, 6) is 0.161. The standard InChI is InChI=1S/C18H19ClN2O/c19-15-5-4-6-16(13-15)20-18(22)14-9-11-21(12-10-14)17-7-2-1-3-8-17/h1-8,13-14H,9-12H2,(H,20,22). The molecule has 0 saturated carbocycles. The number of anilines is 2. The van der Waals surface area contributed by atoms with Crippen molar-refractivity contribution in [2.75, 3.05) is 23.3 Å². The van der Waals surface area contributed by atoms with Crippen molar-refractivity contribution in [2.45, 2.75) is 12.8 Å². The molecule has 0 aromatic heterocycles. The first-order valence-electron chi connectivity index (χ1n) is 7.59. The summed E-state index contributed by atoms with van der Waals surface area (Å²) in [6.45, 7) is 1.83. The lowest BCUT2D eigenvalue weighted by molar-refractivity contribution is -0.120. The summed E-state index contributed by atoms with van der Waals surface area (Å²) in [6.07, 6.45) is 1.75. The number of nitrogens with zero attached hydrogens (tertiary/aromatic N) is 1. The minimum Gasteiger partial charge on any atom is -0.371 e. The minimum atomic E-state index is 0.0685. The van der Waals surface area contributed by atoms with Gasteiger partial charge in [-0.3, -0.25) is 4.79 Å². The van der Waals surface area contributed by atoms with Crippen molar-refractivity contribution in [1.82, 2.24) is 0 Å². The predicted octanol–water partition coefficient (Wildman–Crippen LogP) is 4.20. The highest BCUT2D eigenvalue weighted by Crippen LogP contribution is 2.24. The molecule has 22 heavy (non-hydrogen) atoms. The Labute approximate surface area is 135 Å². The number of carbonyl (C=O) groups is 1. The third-order valence-electron chi connectivity index (χ3n) is 4.08. The quantitative estimate of drug-likeness (QED) is 0.921. The van der Waals surface area contributed by atoms with Gasteiger partial charge in [0.1, 0.15) is 0 Å². The van der Waals surface area contributed by atoms with Gasteiger partial charge in [0.25, 0.3) is 0 Å². The fraction of sp³-hybridized carbons (Fsp3) is 0.278. The van der Waals surface area contributed by atoms with Crippen molar-refractivity contribution in [2.24, 2.45) is 5.92 Å². The van der Waals surface area contributed by atoms with Gasteiger partial charge in [-0.15, -0.1) is 0 Å². The van der Waals surface area contributed by atoms with Crippen LogP contribution in [0.25, 0.3) is 0 Å². The molecule has 3 rings (SSSR count). The summed E-state index contributed by atoms with van der Waals surface area (Å²) >= 11 is 5.94. The van der Waals surface area contributed by atoms with Gasteiger partial charge in [0, 0.05) is 35.4 Å². The van der Waals surface area contributed by atoms with E-state index < -0.39 is 0 Å². The Hall–Kier alpha value is -2.00. The first kappa shape index (κ1) is 14.9. The van der Waals surface area contributed by atoms with Crippen molar-refractivity contribution in [3.8, 4) is 0 Å². The fourth-order valence-corrected chi connectivity index (χ4v) is 3.04. The molecule has 0 bridgehead atoms. The largest absolute Gasteiger partial charge is 0.371 e. The normalized spacial score (nSPS) is 15.6. The molecule has 2 aromatic carbocycles. The number of amides is 1. The Kier molecular flexibility index (Phi) is 4.64. The zero-order valence-corrected chi connectivity index (χ0v) is 13.1. The van der Waals surface area contributed by atoms with E-state index in [0.29, 0.717) is 5.02 Å². The molecule has 1 aliphatic heterocycles. The maximum absolute atomic E-state index is 12.3. The van der Waals surface area contributed by atoms with Crippen molar-refractivity contribution in [1.29, 1.82) is 0 Å². The average Bonchev–Trinajstić information content (AvgIpc) is 2.56. The van der Waals surface area contributed by atoms with Crippen LogP contribution in [-0.2, 0) is 4.79 Å². The third-order valence-corrected chi connectivity index (χ3v) is 4.31. The van der Waals surface area contributed by atoms with Gasteiger partial charge >= 0.3 is 0 Å². The molecule has 0 radical (unpaired) electrons. The van der Waals surface area contributed by atoms with E-state index in [-0.39, 0.29) is 11.8 Å². The van der Waals surface area contributed by atoms with Crippen molar-refractivity contribution < 1.29 is 4.79 Å². The number of benzene rings is 2. The average molecular weight is 315 g/mol. The zero-order valence-electron chi connectivity index (χ0n) is 12.3. The Morgan fingerprint density at radius 3 is 2.45 bits per heavy atom. The van der Waals surface area contributed by atoms with Crippen LogP contribution < -0.4 is 10.2 Å². The number of carbonyl (C=O) groups excluding carboxylic acids is 1. The first-order chi connectivity index (χ1) is 10.7. The van der Waals surface area contributed by atoms with E-state index in [1.165, 1.54) is 5.69 Å². The molecule has 2 aromatic rings. The molecule has 0 unspecified atom stereocenters. The van der Waals surface area contributed by atoms with Gasteiger partial charge in [-0.05, 0) is 43.2 Å². The molecule has 0 aliphatic carbocycles. The molecule has 1 amide bonds. The molecule has 0 spiro atoms. The number of para-hydroxylation sites is 1. The highest BCUT2D eigenvalue weighted by atomic mass is 35.5. The van der Waals surface area contributed by atoms with Crippen LogP contribution in [-0.4, -0.2) is 19.0 Å². The maximum atomic E-state index is 12.3. The number of hydrogen-bond acceptors (Lipinski definition) is 2. The number of halogens is 1. The van der Waals surface area contributed by atoms with E-state index in [2.05, 4.69) is 22.3 Å². The molecule has 1 saturated heterocycles. The minimum absolute atomic E-state index is 0.0685. The van der Waals surface area contributed by atoms with E-state index in [1.54, 1.807) is 12.1 Å². The summed E-state index contributed by atoms with van der Waals surface area (Å²) < 4.78 is 0. The van der Waals surface area contributed by atoms with E-state index in [1.807, 2.05) is 30.3 Å². The van der Waals surface area contributed by atoms with Gasteiger partial charge < -0.3 is 10.2 Å². The molecule has 0 atom stereocenters. The monoisotopic (exact) mass is 314 g/mol. The molecule has 1 heterocycles.